The molecule has 0 aliphatic rings. The van der Waals surface area contributed by atoms with Crippen LogP contribution < -0.4 is 10.6 Å². The van der Waals surface area contributed by atoms with E-state index in [0.717, 1.165) is 12.4 Å². The lowest BCUT2D eigenvalue weighted by atomic mass is 10.1. The molecule has 2 N–H and O–H groups in total. The van der Waals surface area contributed by atoms with E-state index in [1.807, 2.05) is 0 Å². The number of carbonyl (C=O) groups excluding carboxylic acids is 1. The van der Waals surface area contributed by atoms with Gasteiger partial charge in [0.1, 0.15) is 52.1 Å². The molecule has 0 bridgehead atoms. The summed E-state index contributed by atoms with van der Waals surface area (Å²) in [6.45, 7) is 2.62. The molecular formula is C36H24F12N6O. The maximum Gasteiger partial charge on any atom is 0.434 e. The second-order valence-corrected chi connectivity index (χ2v) is 11.6. The van der Waals surface area contributed by atoms with Gasteiger partial charge in [-0.05, 0) is 62.4 Å². The van der Waals surface area contributed by atoms with Gasteiger partial charge < -0.3 is 19.8 Å². The molecule has 2 heterocycles. The minimum absolute atomic E-state index is 0.0968. The predicted molar refractivity (Wildman–Crippen MR) is 175 cm³/mol. The van der Waals surface area contributed by atoms with E-state index < -0.39 is 70.1 Å². The molecule has 0 aliphatic carbocycles. The number of imidazole rings is 2. The molecule has 0 radical (unpaired) electrons. The molecule has 1 amide bonds. The zero-order valence-electron chi connectivity index (χ0n) is 28.0. The summed E-state index contributed by atoms with van der Waals surface area (Å²) in [5.74, 6) is -7.79. The van der Waals surface area contributed by atoms with Crippen LogP contribution in [0.2, 0.25) is 0 Å². The van der Waals surface area contributed by atoms with Crippen LogP contribution in [0.1, 0.15) is 39.0 Å². The number of rotatable bonds is 7. The minimum atomic E-state index is -4.59. The monoisotopic (exact) mass is 784 g/mol. The van der Waals surface area contributed by atoms with Gasteiger partial charge in [-0.25, -0.2) is 36.3 Å². The molecule has 0 fully saturated rings. The number of nitrogens with zero attached hydrogens (tertiary/aromatic N) is 4. The van der Waals surface area contributed by atoms with Gasteiger partial charge in [0.05, 0.1) is 0 Å². The first kappa shape index (κ1) is 39.9. The summed E-state index contributed by atoms with van der Waals surface area (Å²) in [6.07, 6.45) is -7.42. The number of alkyl halides is 6. The number of nitrogens with one attached hydrogen (secondary N) is 2. The first-order valence-electron chi connectivity index (χ1n) is 15.5. The van der Waals surface area contributed by atoms with Gasteiger partial charge in [0.15, 0.2) is 11.4 Å². The van der Waals surface area contributed by atoms with E-state index in [-0.39, 0.29) is 29.4 Å². The Morgan fingerprint density at radius 1 is 0.600 bits per heavy atom. The van der Waals surface area contributed by atoms with Gasteiger partial charge in [0, 0.05) is 71.5 Å². The number of hydrogen-bond acceptors (Lipinski definition) is 4. The number of benzene rings is 4. The van der Waals surface area contributed by atoms with Crippen molar-refractivity contribution in [2.24, 2.45) is 0 Å². The third kappa shape index (κ3) is 9.46. The number of anilines is 2. The molecule has 55 heavy (non-hydrogen) atoms. The summed E-state index contributed by atoms with van der Waals surface area (Å²) in [5, 5.41) is 5.01. The standard InChI is InChI=1S/C18H11F6N3O.C18H13F6N3/c1-9-25-15(18(22,23)24)8-27(9)12-4-2-11(3-5-12)26-17(28)16-13(20)6-10(19)7-14(16)21;1-10-26-17(18(22,23)24)9-27(10)13-4-2-12(3-5-13)25-8-14-15(20)6-11(19)7-16(14)21/h2-8H,1H3,(H,26,28);2-7,9,25H,8H2,1H3. The molecule has 0 atom stereocenters. The fourth-order valence-corrected chi connectivity index (χ4v) is 5.07. The summed E-state index contributed by atoms with van der Waals surface area (Å²) in [5.41, 5.74) is -1.93. The molecule has 6 aromatic rings. The van der Waals surface area contributed by atoms with Crippen molar-refractivity contribution in [3.8, 4) is 11.4 Å². The van der Waals surface area contributed by atoms with E-state index in [4.69, 9.17) is 0 Å². The van der Waals surface area contributed by atoms with Crippen molar-refractivity contribution >= 4 is 17.3 Å². The average molecular weight is 785 g/mol. The first-order valence-corrected chi connectivity index (χ1v) is 15.5. The summed E-state index contributed by atoms with van der Waals surface area (Å²) in [6, 6.07) is 13.5. The highest BCUT2D eigenvalue weighted by Gasteiger charge is 2.35. The van der Waals surface area contributed by atoms with E-state index in [1.165, 1.54) is 59.4 Å². The number of hydrogen-bond donors (Lipinski definition) is 2. The third-order valence-electron chi connectivity index (χ3n) is 7.70. The van der Waals surface area contributed by atoms with Crippen LogP contribution in [-0.2, 0) is 18.9 Å². The normalized spacial score (nSPS) is 11.6. The lowest BCUT2D eigenvalue weighted by Crippen LogP contribution is -2.16. The average Bonchev–Trinajstić information content (AvgIpc) is 3.68. The van der Waals surface area contributed by atoms with Crippen molar-refractivity contribution < 1.29 is 57.5 Å². The number of aromatic nitrogens is 4. The highest BCUT2D eigenvalue weighted by atomic mass is 19.4. The maximum atomic E-state index is 13.6. The van der Waals surface area contributed by atoms with Crippen molar-refractivity contribution in [2.45, 2.75) is 32.7 Å². The van der Waals surface area contributed by atoms with Crippen molar-refractivity contribution in [2.75, 3.05) is 10.6 Å². The Bertz CT molecular complexity index is 2280. The van der Waals surface area contributed by atoms with Gasteiger partial charge in [-0.2, -0.15) is 26.3 Å². The van der Waals surface area contributed by atoms with Gasteiger partial charge in [-0.3, -0.25) is 4.79 Å². The summed E-state index contributed by atoms with van der Waals surface area (Å²) in [7, 11) is 0. The van der Waals surface area contributed by atoms with Gasteiger partial charge in [0.25, 0.3) is 5.91 Å². The summed E-state index contributed by atoms with van der Waals surface area (Å²) in [4.78, 5) is 19.0. The van der Waals surface area contributed by atoms with E-state index in [1.54, 1.807) is 12.1 Å². The fourth-order valence-electron chi connectivity index (χ4n) is 5.07. The van der Waals surface area contributed by atoms with Gasteiger partial charge in [0.2, 0.25) is 0 Å². The Labute approximate surface area is 302 Å². The molecule has 0 saturated carbocycles. The Balaban J connectivity index is 0.000000211. The summed E-state index contributed by atoms with van der Waals surface area (Å²) < 4.78 is 159. The molecule has 0 unspecified atom stereocenters. The van der Waals surface area contributed by atoms with Gasteiger partial charge in [-0.15, -0.1) is 0 Å². The summed E-state index contributed by atoms with van der Waals surface area (Å²) >= 11 is 0. The Morgan fingerprint density at radius 3 is 1.36 bits per heavy atom. The maximum absolute atomic E-state index is 13.6. The zero-order chi connectivity index (χ0) is 40.4. The quantitative estimate of drug-likeness (QED) is 0.158. The molecule has 0 saturated heterocycles. The lowest BCUT2D eigenvalue weighted by molar-refractivity contribution is -0.141. The second-order valence-electron chi connectivity index (χ2n) is 11.6. The second kappa shape index (κ2) is 15.6. The van der Waals surface area contributed by atoms with Crippen LogP contribution in [0, 0.1) is 48.8 Å². The van der Waals surface area contributed by atoms with E-state index >= 15 is 0 Å². The molecule has 4 aromatic carbocycles. The van der Waals surface area contributed by atoms with Crippen LogP contribution in [-0.4, -0.2) is 25.0 Å². The molecule has 7 nitrogen and oxygen atoms in total. The van der Waals surface area contributed by atoms with Crippen molar-refractivity contribution in [3.05, 3.63) is 154 Å². The van der Waals surface area contributed by atoms with E-state index in [9.17, 15) is 57.5 Å². The molecule has 6 rings (SSSR count). The van der Waals surface area contributed by atoms with Crippen LogP contribution in [0.3, 0.4) is 0 Å². The highest BCUT2D eigenvalue weighted by molar-refractivity contribution is 6.04. The molecule has 0 spiro atoms. The number of amides is 1. The van der Waals surface area contributed by atoms with Crippen LogP contribution >= 0.6 is 0 Å². The minimum Gasteiger partial charge on any atom is -0.381 e. The molecular weight excluding hydrogens is 760 g/mol. The first-order chi connectivity index (χ1) is 25.7. The number of aryl methyl sites for hydroxylation is 2. The topological polar surface area (TPSA) is 76.8 Å². The molecule has 288 valence electrons. The Kier molecular flexibility index (Phi) is 11.3. The smallest absolute Gasteiger partial charge is 0.381 e. The largest absolute Gasteiger partial charge is 0.434 e. The van der Waals surface area contributed by atoms with Crippen molar-refractivity contribution in [1.82, 2.24) is 19.1 Å². The van der Waals surface area contributed by atoms with Crippen molar-refractivity contribution in [3.63, 3.8) is 0 Å². The Morgan fingerprint density at radius 2 is 0.982 bits per heavy atom. The Hall–Kier alpha value is -6.27. The fraction of sp³-hybridized carbons (Fsp3) is 0.139. The van der Waals surface area contributed by atoms with E-state index in [0.29, 0.717) is 41.3 Å². The van der Waals surface area contributed by atoms with Crippen LogP contribution in [0.15, 0.2) is 85.2 Å². The van der Waals surface area contributed by atoms with Gasteiger partial charge >= 0.3 is 12.4 Å². The van der Waals surface area contributed by atoms with Crippen molar-refractivity contribution in [1.29, 1.82) is 0 Å². The SMILES string of the molecule is Cc1nc(C(F)(F)F)cn1-c1ccc(NC(=O)c2c(F)cc(F)cc2F)cc1.Cc1nc(C(F)(F)F)cn1-c1ccc(NCc2c(F)cc(F)cc2F)cc1. The van der Waals surface area contributed by atoms with Gasteiger partial charge in [-0.1, -0.05) is 0 Å². The number of carbonyl (C=O) groups is 1. The van der Waals surface area contributed by atoms with Crippen LogP contribution in [0.5, 0.6) is 0 Å². The highest BCUT2D eigenvalue weighted by Crippen LogP contribution is 2.31. The van der Waals surface area contributed by atoms with Crippen LogP contribution in [0.25, 0.3) is 11.4 Å². The number of halogens is 12. The lowest BCUT2D eigenvalue weighted by Gasteiger charge is -2.10. The van der Waals surface area contributed by atoms with E-state index in [2.05, 4.69) is 20.6 Å². The van der Waals surface area contributed by atoms with Crippen LogP contribution in [0.4, 0.5) is 64.1 Å². The molecule has 0 aliphatic heterocycles. The predicted octanol–water partition coefficient (Wildman–Crippen LogP) is 10.1. The third-order valence-corrected chi connectivity index (χ3v) is 7.70. The molecule has 2 aromatic heterocycles. The molecule has 19 heteroatoms. The zero-order valence-corrected chi connectivity index (χ0v) is 28.0.